The fourth-order valence-electron chi connectivity index (χ4n) is 1.74. The molecule has 120 valence electrons. The van der Waals surface area contributed by atoms with Gasteiger partial charge in [0.2, 0.25) is 0 Å². The summed E-state index contributed by atoms with van der Waals surface area (Å²) in [5.41, 5.74) is -0.0575. The first-order valence-electron chi connectivity index (χ1n) is 6.63. The zero-order valence-electron chi connectivity index (χ0n) is 12.2. The van der Waals surface area contributed by atoms with Crippen LogP contribution in [0.5, 0.6) is 0 Å². The van der Waals surface area contributed by atoms with Crippen LogP contribution in [0, 0.1) is 0 Å². The number of halogens is 4. The maximum atomic E-state index is 12.6. The number of pyridine rings is 1. The van der Waals surface area contributed by atoms with Crippen molar-refractivity contribution in [3.05, 3.63) is 38.9 Å². The number of thiazole rings is 1. The molecule has 2 rings (SSSR count). The second-order valence-electron chi connectivity index (χ2n) is 5.18. The molecule has 1 unspecified atom stereocenters. The molecule has 0 aliphatic rings. The minimum absolute atomic E-state index is 0.0685. The molecule has 2 heterocycles. The van der Waals surface area contributed by atoms with E-state index < -0.39 is 11.7 Å². The van der Waals surface area contributed by atoms with Crippen molar-refractivity contribution in [1.29, 1.82) is 0 Å². The van der Waals surface area contributed by atoms with E-state index in [1.807, 2.05) is 12.3 Å². The second kappa shape index (κ2) is 6.42. The van der Waals surface area contributed by atoms with Gasteiger partial charge in [0.15, 0.2) is 0 Å². The van der Waals surface area contributed by atoms with E-state index in [-0.39, 0.29) is 16.9 Å². The Bertz CT molecular complexity index is 655. The third-order valence-corrected chi connectivity index (χ3v) is 4.45. The second-order valence-corrected chi connectivity index (χ2v) is 6.48. The molecule has 0 bridgehead atoms. The van der Waals surface area contributed by atoms with Crippen LogP contribution >= 0.6 is 22.9 Å². The number of nitrogens with one attached hydrogen (secondary N) is 1. The standard InChI is InChI=1S/C14H15ClF3N3S/c1-7(2)13-21-11(6-22-13)8(3)20-12-10(15)4-9(5-19-12)14(16,17)18/h4-8H,1-3H3,(H,19,20). The van der Waals surface area contributed by atoms with E-state index in [4.69, 9.17) is 11.6 Å². The molecule has 2 aromatic rings. The molecule has 0 aliphatic heterocycles. The van der Waals surface area contributed by atoms with Gasteiger partial charge in [0.05, 0.1) is 27.3 Å². The Morgan fingerprint density at radius 1 is 1.27 bits per heavy atom. The van der Waals surface area contributed by atoms with Crippen molar-refractivity contribution in [2.24, 2.45) is 0 Å². The largest absolute Gasteiger partial charge is 0.417 e. The van der Waals surface area contributed by atoms with Crippen LogP contribution < -0.4 is 5.32 Å². The topological polar surface area (TPSA) is 37.8 Å². The molecule has 0 aliphatic carbocycles. The van der Waals surface area contributed by atoms with Crippen LogP contribution in [-0.2, 0) is 6.18 Å². The monoisotopic (exact) mass is 349 g/mol. The van der Waals surface area contributed by atoms with Crippen LogP contribution in [0.4, 0.5) is 19.0 Å². The van der Waals surface area contributed by atoms with E-state index in [1.165, 1.54) is 0 Å². The Morgan fingerprint density at radius 2 is 1.95 bits per heavy atom. The van der Waals surface area contributed by atoms with Crippen molar-refractivity contribution < 1.29 is 13.2 Å². The Hall–Kier alpha value is -1.34. The van der Waals surface area contributed by atoms with Crippen LogP contribution in [0.3, 0.4) is 0 Å². The summed E-state index contributed by atoms with van der Waals surface area (Å²) in [5.74, 6) is 0.542. The fourth-order valence-corrected chi connectivity index (χ4v) is 2.89. The van der Waals surface area contributed by atoms with E-state index in [1.54, 1.807) is 11.3 Å². The van der Waals surface area contributed by atoms with Gasteiger partial charge in [0, 0.05) is 17.5 Å². The summed E-state index contributed by atoms with van der Waals surface area (Å²) in [6.07, 6.45) is -3.69. The number of anilines is 1. The Morgan fingerprint density at radius 3 is 2.45 bits per heavy atom. The molecule has 1 N–H and O–H groups in total. The summed E-state index contributed by atoms with van der Waals surface area (Å²) in [7, 11) is 0. The third-order valence-electron chi connectivity index (χ3n) is 3.00. The molecule has 2 aromatic heterocycles. The SMILES string of the molecule is CC(C)c1nc(C(C)Nc2ncc(C(F)(F)F)cc2Cl)cs1. The molecule has 3 nitrogen and oxygen atoms in total. The summed E-state index contributed by atoms with van der Waals surface area (Å²) < 4.78 is 37.7. The Balaban J connectivity index is 2.16. The predicted octanol–water partition coefficient (Wildman–Crippen LogP) is 5.51. The molecule has 22 heavy (non-hydrogen) atoms. The number of nitrogens with zero attached hydrogens (tertiary/aromatic N) is 2. The first-order valence-corrected chi connectivity index (χ1v) is 7.89. The van der Waals surface area contributed by atoms with Crippen molar-refractivity contribution in [2.45, 2.75) is 38.9 Å². The molecule has 0 saturated carbocycles. The van der Waals surface area contributed by atoms with Gasteiger partial charge >= 0.3 is 6.18 Å². The molecule has 0 saturated heterocycles. The van der Waals surface area contributed by atoms with Crippen LogP contribution in [0.25, 0.3) is 0 Å². The molecular formula is C14H15ClF3N3S. The summed E-state index contributed by atoms with van der Waals surface area (Å²) >= 11 is 7.43. The minimum Gasteiger partial charge on any atom is -0.361 e. The van der Waals surface area contributed by atoms with Crippen molar-refractivity contribution >= 4 is 28.8 Å². The average molecular weight is 350 g/mol. The lowest BCUT2D eigenvalue weighted by molar-refractivity contribution is -0.137. The maximum Gasteiger partial charge on any atom is 0.417 e. The number of rotatable bonds is 4. The smallest absolute Gasteiger partial charge is 0.361 e. The minimum atomic E-state index is -4.46. The number of alkyl halides is 3. The summed E-state index contributed by atoms with van der Waals surface area (Å²) in [6, 6.07) is 0.662. The highest BCUT2D eigenvalue weighted by atomic mass is 35.5. The molecule has 0 amide bonds. The molecular weight excluding hydrogens is 335 g/mol. The van der Waals surface area contributed by atoms with Gasteiger partial charge in [0.1, 0.15) is 5.82 Å². The quantitative estimate of drug-likeness (QED) is 0.791. The first kappa shape index (κ1) is 17.0. The highest BCUT2D eigenvalue weighted by Gasteiger charge is 2.31. The predicted molar refractivity (Wildman–Crippen MR) is 82.5 cm³/mol. The van der Waals surface area contributed by atoms with Gasteiger partial charge in [-0.1, -0.05) is 25.4 Å². The highest BCUT2D eigenvalue weighted by Crippen LogP contribution is 2.33. The van der Waals surface area contributed by atoms with Crippen LogP contribution in [0.15, 0.2) is 17.6 Å². The average Bonchev–Trinajstić information content (AvgIpc) is 2.89. The van der Waals surface area contributed by atoms with E-state index in [0.29, 0.717) is 5.92 Å². The van der Waals surface area contributed by atoms with Crippen molar-refractivity contribution in [3.63, 3.8) is 0 Å². The van der Waals surface area contributed by atoms with E-state index in [0.717, 1.165) is 23.0 Å². The van der Waals surface area contributed by atoms with E-state index in [9.17, 15) is 13.2 Å². The van der Waals surface area contributed by atoms with Crippen LogP contribution in [-0.4, -0.2) is 9.97 Å². The van der Waals surface area contributed by atoms with E-state index >= 15 is 0 Å². The molecule has 8 heteroatoms. The van der Waals surface area contributed by atoms with Gasteiger partial charge in [-0.3, -0.25) is 0 Å². The number of hydrogen-bond donors (Lipinski definition) is 1. The molecule has 1 atom stereocenters. The van der Waals surface area contributed by atoms with Crippen molar-refractivity contribution in [3.8, 4) is 0 Å². The number of hydrogen-bond acceptors (Lipinski definition) is 4. The summed E-state index contributed by atoms with van der Waals surface area (Å²) in [6.45, 7) is 5.96. The Labute approximate surface area is 135 Å². The molecule has 0 spiro atoms. The van der Waals surface area contributed by atoms with Crippen LogP contribution in [0.2, 0.25) is 5.02 Å². The zero-order chi connectivity index (χ0) is 16.5. The van der Waals surface area contributed by atoms with E-state index in [2.05, 4.69) is 29.1 Å². The van der Waals surface area contributed by atoms with Gasteiger partial charge in [-0.05, 0) is 13.0 Å². The van der Waals surface area contributed by atoms with Crippen molar-refractivity contribution in [1.82, 2.24) is 9.97 Å². The fraction of sp³-hybridized carbons (Fsp3) is 0.429. The van der Waals surface area contributed by atoms with Gasteiger partial charge in [-0.25, -0.2) is 9.97 Å². The number of aromatic nitrogens is 2. The van der Waals surface area contributed by atoms with Crippen LogP contribution in [0.1, 0.15) is 49.0 Å². The molecule has 0 aromatic carbocycles. The lowest BCUT2D eigenvalue weighted by Gasteiger charge is -2.15. The normalized spacial score (nSPS) is 13.5. The van der Waals surface area contributed by atoms with Gasteiger partial charge in [0.25, 0.3) is 0 Å². The van der Waals surface area contributed by atoms with Gasteiger partial charge in [-0.15, -0.1) is 11.3 Å². The molecule has 0 radical (unpaired) electrons. The lowest BCUT2D eigenvalue weighted by atomic mass is 10.2. The highest BCUT2D eigenvalue weighted by molar-refractivity contribution is 7.09. The lowest BCUT2D eigenvalue weighted by Crippen LogP contribution is -2.11. The maximum absolute atomic E-state index is 12.6. The Kier molecular flexibility index (Phi) is 4.97. The van der Waals surface area contributed by atoms with Gasteiger partial charge < -0.3 is 5.32 Å². The van der Waals surface area contributed by atoms with Gasteiger partial charge in [-0.2, -0.15) is 13.2 Å². The summed E-state index contributed by atoms with van der Waals surface area (Å²) in [5, 5.41) is 5.85. The van der Waals surface area contributed by atoms with Crippen molar-refractivity contribution in [2.75, 3.05) is 5.32 Å². The molecule has 0 fully saturated rings. The first-order chi connectivity index (χ1) is 10.2. The third kappa shape index (κ3) is 3.89. The summed E-state index contributed by atoms with van der Waals surface area (Å²) in [4.78, 5) is 8.26. The zero-order valence-corrected chi connectivity index (χ0v) is 13.8.